The Bertz CT molecular complexity index is 387. The fraction of sp³-hybridized carbons (Fsp3) is 0.692. The summed E-state index contributed by atoms with van der Waals surface area (Å²) in [5.74, 6) is 3.01. The number of halogens is 2. The Balaban J connectivity index is 1.46. The maximum atomic E-state index is 6.03. The third-order valence-electron chi connectivity index (χ3n) is 4.29. The molecule has 2 saturated carbocycles. The van der Waals surface area contributed by atoms with Gasteiger partial charge in [0.1, 0.15) is 4.34 Å². The lowest BCUT2D eigenvalue weighted by atomic mass is 9.89. The second-order valence-corrected chi connectivity index (χ2v) is 7.99. The first-order chi connectivity index (χ1) is 8.22. The minimum atomic E-state index is 0.863. The molecular weight excluding hydrogens is 318 g/mol. The summed E-state index contributed by atoms with van der Waals surface area (Å²) in [6.45, 7) is 2.15. The van der Waals surface area contributed by atoms with Crippen LogP contribution in [-0.2, 0) is 6.54 Å². The first-order valence-electron chi connectivity index (χ1n) is 6.37. The molecule has 3 rings (SSSR count). The van der Waals surface area contributed by atoms with Crippen molar-refractivity contribution in [3.63, 3.8) is 0 Å². The van der Waals surface area contributed by atoms with E-state index in [2.05, 4.69) is 27.3 Å². The van der Waals surface area contributed by atoms with Crippen LogP contribution in [0.5, 0.6) is 0 Å². The predicted molar refractivity (Wildman–Crippen MR) is 77.7 cm³/mol. The van der Waals surface area contributed by atoms with Crippen LogP contribution in [0.1, 0.15) is 30.6 Å². The van der Waals surface area contributed by atoms with Crippen LogP contribution >= 0.6 is 38.9 Å². The van der Waals surface area contributed by atoms with Crippen LogP contribution in [0.4, 0.5) is 0 Å². The van der Waals surface area contributed by atoms with Gasteiger partial charge in [-0.15, -0.1) is 11.3 Å². The average molecular weight is 335 g/mol. The molecule has 1 N–H and O–H groups in total. The van der Waals surface area contributed by atoms with Gasteiger partial charge in [-0.3, -0.25) is 0 Å². The van der Waals surface area contributed by atoms with Gasteiger partial charge in [0.2, 0.25) is 0 Å². The smallest absolute Gasteiger partial charge is 0.107 e. The Labute approximate surface area is 120 Å². The van der Waals surface area contributed by atoms with E-state index >= 15 is 0 Å². The molecule has 1 nitrogen and oxygen atoms in total. The maximum absolute atomic E-state index is 6.03. The lowest BCUT2D eigenvalue weighted by Crippen LogP contribution is -2.25. The topological polar surface area (TPSA) is 12.0 Å². The van der Waals surface area contributed by atoms with Crippen molar-refractivity contribution in [3.05, 3.63) is 19.8 Å². The molecule has 1 heterocycles. The van der Waals surface area contributed by atoms with Gasteiger partial charge in [-0.2, -0.15) is 0 Å². The minimum Gasteiger partial charge on any atom is -0.312 e. The van der Waals surface area contributed by atoms with Gasteiger partial charge >= 0.3 is 0 Å². The Kier molecular flexibility index (Phi) is 3.81. The van der Waals surface area contributed by atoms with Gasteiger partial charge in [-0.1, -0.05) is 18.0 Å². The number of thiophene rings is 1. The Morgan fingerprint density at radius 3 is 2.88 bits per heavy atom. The van der Waals surface area contributed by atoms with Gasteiger partial charge in [0.05, 0.1) is 0 Å². The number of hydrogen-bond donors (Lipinski definition) is 1. The number of fused-ring (bicyclic) bond motifs is 2. The molecule has 2 aliphatic rings. The Morgan fingerprint density at radius 1 is 1.41 bits per heavy atom. The van der Waals surface area contributed by atoms with Crippen molar-refractivity contribution in [2.75, 3.05) is 6.54 Å². The first-order valence-corrected chi connectivity index (χ1v) is 8.35. The standard InChI is InChI=1S/C13H17BrClNS/c14-12-5-11(17-13(12)15)7-16-6-10-4-8-1-2-9(10)3-8/h5,8-10,16H,1-4,6-7H2. The van der Waals surface area contributed by atoms with Crippen molar-refractivity contribution >= 4 is 38.9 Å². The zero-order valence-electron chi connectivity index (χ0n) is 9.72. The average Bonchev–Trinajstić information content (AvgIpc) is 2.96. The molecule has 17 heavy (non-hydrogen) atoms. The molecule has 0 spiro atoms. The third kappa shape index (κ3) is 2.73. The highest BCUT2D eigenvalue weighted by Crippen LogP contribution is 2.47. The van der Waals surface area contributed by atoms with E-state index in [9.17, 15) is 0 Å². The molecule has 0 aliphatic heterocycles. The van der Waals surface area contributed by atoms with Gasteiger partial charge in [-0.05, 0) is 65.6 Å². The lowest BCUT2D eigenvalue weighted by molar-refractivity contribution is 0.319. The van der Waals surface area contributed by atoms with Gasteiger partial charge in [0.15, 0.2) is 0 Å². The van der Waals surface area contributed by atoms with Crippen molar-refractivity contribution in [2.45, 2.75) is 32.2 Å². The highest BCUT2D eigenvalue weighted by molar-refractivity contribution is 9.10. The largest absolute Gasteiger partial charge is 0.312 e. The molecule has 3 unspecified atom stereocenters. The molecule has 1 aromatic heterocycles. The first kappa shape index (κ1) is 12.5. The fourth-order valence-corrected chi connectivity index (χ4v) is 5.25. The van der Waals surface area contributed by atoms with E-state index in [0.29, 0.717) is 0 Å². The van der Waals surface area contributed by atoms with Crippen molar-refractivity contribution in [1.29, 1.82) is 0 Å². The second kappa shape index (κ2) is 5.20. The summed E-state index contributed by atoms with van der Waals surface area (Å²) >= 11 is 11.2. The SMILES string of the molecule is Clc1sc(CNCC2CC3CCC2C3)cc1Br. The monoisotopic (exact) mass is 333 g/mol. The van der Waals surface area contributed by atoms with Crippen LogP contribution in [0, 0.1) is 17.8 Å². The molecule has 0 saturated heterocycles. The van der Waals surface area contributed by atoms with Crippen LogP contribution < -0.4 is 5.32 Å². The third-order valence-corrected chi connectivity index (χ3v) is 6.76. The molecule has 0 aromatic carbocycles. The zero-order chi connectivity index (χ0) is 11.8. The summed E-state index contributed by atoms with van der Waals surface area (Å²) in [6, 6.07) is 2.13. The summed E-state index contributed by atoms with van der Waals surface area (Å²) in [6.07, 6.45) is 5.94. The summed E-state index contributed by atoms with van der Waals surface area (Å²) in [5.41, 5.74) is 0. The van der Waals surface area contributed by atoms with E-state index in [0.717, 1.165) is 33.1 Å². The van der Waals surface area contributed by atoms with Crippen LogP contribution in [0.3, 0.4) is 0 Å². The van der Waals surface area contributed by atoms with Crippen molar-refractivity contribution in [3.8, 4) is 0 Å². The normalized spacial score (nSPS) is 31.3. The van der Waals surface area contributed by atoms with E-state index in [1.54, 1.807) is 11.3 Å². The van der Waals surface area contributed by atoms with Crippen LogP contribution in [0.2, 0.25) is 4.34 Å². The van der Waals surface area contributed by atoms with E-state index < -0.39 is 0 Å². The summed E-state index contributed by atoms with van der Waals surface area (Å²) in [7, 11) is 0. The predicted octanol–water partition coefficient (Wildman–Crippen LogP) is 4.69. The van der Waals surface area contributed by atoms with Gasteiger partial charge in [0, 0.05) is 15.9 Å². The number of rotatable bonds is 4. The van der Waals surface area contributed by atoms with Gasteiger partial charge in [-0.25, -0.2) is 0 Å². The maximum Gasteiger partial charge on any atom is 0.107 e. The fourth-order valence-electron chi connectivity index (χ4n) is 3.49. The number of nitrogens with one attached hydrogen (secondary N) is 1. The van der Waals surface area contributed by atoms with Crippen LogP contribution in [0.25, 0.3) is 0 Å². The molecule has 0 amide bonds. The molecule has 2 fully saturated rings. The molecule has 94 valence electrons. The Morgan fingerprint density at radius 2 is 2.29 bits per heavy atom. The summed E-state index contributed by atoms with van der Waals surface area (Å²) < 4.78 is 1.89. The van der Waals surface area contributed by atoms with Crippen molar-refractivity contribution in [2.24, 2.45) is 17.8 Å². The van der Waals surface area contributed by atoms with Gasteiger partial charge < -0.3 is 5.32 Å². The minimum absolute atomic E-state index is 0.863. The number of hydrogen-bond acceptors (Lipinski definition) is 2. The van der Waals surface area contributed by atoms with E-state index in [4.69, 9.17) is 11.6 Å². The molecule has 2 bridgehead atoms. The molecule has 3 atom stereocenters. The zero-order valence-corrected chi connectivity index (χ0v) is 12.9. The van der Waals surface area contributed by atoms with Crippen LogP contribution in [0.15, 0.2) is 10.5 Å². The summed E-state index contributed by atoms with van der Waals surface area (Å²) in [4.78, 5) is 1.32. The molecular formula is C13H17BrClNS. The molecule has 4 heteroatoms. The van der Waals surface area contributed by atoms with E-state index in [-0.39, 0.29) is 0 Å². The van der Waals surface area contributed by atoms with E-state index in [1.807, 2.05) is 0 Å². The highest BCUT2D eigenvalue weighted by atomic mass is 79.9. The summed E-state index contributed by atoms with van der Waals surface area (Å²) in [5, 5.41) is 3.60. The Hall–Kier alpha value is 0.430. The quantitative estimate of drug-likeness (QED) is 0.842. The molecule has 1 aromatic rings. The highest BCUT2D eigenvalue weighted by Gasteiger charge is 2.38. The molecule has 2 aliphatic carbocycles. The van der Waals surface area contributed by atoms with E-state index in [1.165, 1.54) is 37.1 Å². The van der Waals surface area contributed by atoms with Crippen molar-refractivity contribution in [1.82, 2.24) is 5.32 Å². The van der Waals surface area contributed by atoms with Gasteiger partial charge in [0.25, 0.3) is 0 Å². The lowest BCUT2D eigenvalue weighted by Gasteiger charge is -2.21. The molecule has 0 radical (unpaired) electrons. The van der Waals surface area contributed by atoms with Crippen LogP contribution in [-0.4, -0.2) is 6.54 Å². The van der Waals surface area contributed by atoms with Crippen molar-refractivity contribution < 1.29 is 0 Å². The second-order valence-electron chi connectivity index (χ2n) is 5.40.